The van der Waals surface area contributed by atoms with Gasteiger partial charge in [0.05, 0.1) is 0 Å². The van der Waals surface area contributed by atoms with E-state index in [0.29, 0.717) is 5.41 Å². The second kappa shape index (κ2) is 3.12. The van der Waals surface area contributed by atoms with E-state index in [0.717, 1.165) is 0 Å². The second-order valence-electron chi connectivity index (χ2n) is 5.54. The van der Waals surface area contributed by atoms with Gasteiger partial charge in [-0.2, -0.15) is 0 Å². The van der Waals surface area contributed by atoms with Gasteiger partial charge in [0, 0.05) is 0 Å². The summed E-state index contributed by atoms with van der Waals surface area (Å²) in [6.45, 7) is 9.16. The minimum atomic E-state index is 0.293. The summed E-state index contributed by atoms with van der Waals surface area (Å²) in [5, 5.41) is 0. The molecular weight excluding hydrogens is 168 g/mol. The van der Waals surface area contributed by atoms with E-state index in [9.17, 15) is 0 Å². The van der Waals surface area contributed by atoms with Crippen molar-refractivity contribution in [1.82, 2.24) is 0 Å². The molecule has 0 heterocycles. The van der Waals surface area contributed by atoms with E-state index in [-0.39, 0.29) is 0 Å². The molecule has 0 amide bonds. The Kier molecular flexibility index (Phi) is 2.17. The minimum Gasteiger partial charge on any atom is -0.0561 e. The first-order chi connectivity index (χ1) is 6.48. The first kappa shape index (κ1) is 9.76. The molecule has 0 aliphatic heterocycles. The highest BCUT2D eigenvalue weighted by atomic mass is 14.2. The van der Waals surface area contributed by atoms with Gasteiger partial charge in [-0.1, -0.05) is 32.9 Å². The van der Waals surface area contributed by atoms with E-state index >= 15 is 0 Å². The van der Waals surface area contributed by atoms with Crippen LogP contribution >= 0.6 is 0 Å². The Morgan fingerprint density at radius 1 is 1.00 bits per heavy atom. The molecule has 0 heteroatoms. The van der Waals surface area contributed by atoms with E-state index in [2.05, 4.69) is 39.8 Å². The second-order valence-corrected chi connectivity index (χ2v) is 5.54. The molecular formula is C14H20. The number of aryl methyl sites for hydroxylation is 3. The maximum Gasteiger partial charge on any atom is -0.0129 e. The highest BCUT2D eigenvalue weighted by Crippen LogP contribution is 2.31. The average molecular weight is 188 g/mol. The van der Waals surface area contributed by atoms with Gasteiger partial charge in [0.15, 0.2) is 0 Å². The topological polar surface area (TPSA) is 0 Å². The van der Waals surface area contributed by atoms with Crippen LogP contribution < -0.4 is 0 Å². The standard InChI is InChI=1S/C14H20/c1-10-8-11-6-5-7-12(11)9-13(10)14(2,3)4/h8-9H,5-7H2,1-4H3. The van der Waals surface area contributed by atoms with Crippen LogP contribution in [0.2, 0.25) is 0 Å². The summed E-state index contributed by atoms with van der Waals surface area (Å²) < 4.78 is 0. The third-order valence-corrected chi connectivity index (χ3v) is 3.25. The molecule has 0 N–H and O–H groups in total. The van der Waals surface area contributed by atoms with Gasteiger partial charge >= 0.3 is 0 Å². The van der Waals surface area contributed by atoms with Crippen molar-refractivity contribution >= 4 is 0 Å². The smallest absolute Gasteiger partial charge is 0.0129 e. The highest BCUT2D eigenvalue weighted by Gasteiger charge is 2.20. The molecule has 0 atom stereocenters. The maximum absolute atomic E-state index is 2.44. The van der Waals surface area contributed by atoms with Gasteiger partial charge in [-0.15, -0.1) is 0 Å². The van der Waals surface area contributed by atoms with Crippen LogP contribution in [0, 0.1) is 6.92 Å². The van der Waals surface area contributed by atoms with E-state index in [1.807, 2.05) is 0 Å². The minimum absolute atomic E-state index is 0.293. The normalized spacial score (nSPS) is 15.7. The summed E-state index contributed by atoms with van der Waals surface area (Å²) in [6, 6.07) is 4.85. The van der Waals surface area contributed by atoms with E-state index in [1.165, 1.54) is 30.4 Å². The molecule has 76 valence electrons. The molecule has 0 radical (unpaired) electrons. The van der Waals surface area contributed by atoms with Gasteiger partial charge in [-0.25, -0.2) is 0 Å². The SMILES string of the molecule is Cc1cc2c(cc1C(C)(C)C)CCC2. The lowest BCUT2D eigenvalue weighted by atomic mass is 9.82. The third kappa shape index (κ3) is 1.58. The fourth-order valence-corrected chi connectivity index (χ4v) is 2.56. The molecule has 1 aromatic rings. The van der Waals surface area contributed by atoms with Gasteiger partial charge < -0.3 is 0 Å². The first-order valence-corrected chi connectivity index (χ1v) is 5.61. The fraction of sp³-hybridized carbons (Fsp3) is 0.571. The molecule has 0 saturated heterocycles. The zero-order valence-corrected chi connectivity index (χ0v) is 9.78. The van der Waals surface area contributed by atoms with Crippen molar-refractivity contribution in [3.63, 3.8) is 0 Å². The van der Waals surface area contributed by atoms with Gasteiger partial charge in [0.25, 0.3) is 0 Å². The Morgan fingerprint density at radius 2 is 1.57 bits per heavy atom. The highest BCUT2D eigenvalue weighted by molar-refractivity contribution is 5.43. The zero-order chi connectivity index (χ0) is 10.3. The fourth-order valence-electron chi connectivity index (χ4n) is 2.56. The summed E-state index contributed by atoms with van der Waals surface area (Å²) in [4.78, 5) is 0. The lowest BCUT2D eigenvalue weighted by Gasteiger charge is -2.23. The molecule has 14 heavy (non-hydrogen) atoms. The van der Waals surface area contributed by atoms with Crippen LogP contribution in [-0.2, 0) is 18.3 Å². The lowest BCUT2D eigenvalue weighted by Crippen LogP contribution is -2.13. The van der Waals surface area contributed by atoms with Crippen molar-refractivity contribution in [1.29, 1.82) is 0 Å². The Labute approximate surface area is 87.3 Å². The molecule has 0 fully saturated rings. The predicted molar refractivity (Wildman–Crippen MR) is 61.9 cm³/mol. The van der Waals surface area contributed by atoms with Gasteiger partial charge in [-0.3, -0.25) is 0 Å². The van der Waals surface area contributed by atoms with Gasteiger partial charge in [-0.05, 0) is 53.9 Å². The van der Waals surface area contributed by atoms with Crippen molar-refractivity contribution in [2.24, 2.45) is 0 Å². The summed E-state index contributed by atoms with van der Waals surface area (Å²) in [7, 11) is 0. The van der Waals surface area contributed by atoms with Crippen LogP contribution in [0.15, 0.2) is 12.1 Å². The number of hydrogen-bond donors (Lipinski definition) is 0. The Bertz CT molecular complexity index is 353. The summed E-state index contributed by atoms with van der Waals surface area (Å²) >= 11 is 0. The van der Waals surface area contributed by atoms with Crippen LogP contribution in [0.4, 0.5) is 0 Å². The molecule has 1 aliphatic rings. The molecule has 0 bridgehead atoms. The van der Waals surface area contributed by atoms with Crippen LogP contribution in [0.3, 0.4) is 0 Å². The van der Waals surface area contributed by atoms with Crippen molar-refractivity contribution < 1.29 is 0 Å². The summed E-state index contributed by atoms with van der Waals surface area (Å²) in [6.07, 6.45) is 3.93. The summed E-state index contributed by atoms with van der Waals surface area (Å²) in [5.41, 5.74) is 6.48. The predicted octanol–water partition coefficient (Wildman–Crippen LogP) is 3.78. The van der Waals surface area contributed by atoms with Gasteiger partial charge in [0.2, 0.25) is 0 Å². The maximum atomic E-state index is 2.44. The monoisotopic (exact) mass is 188 g/mol. The van der Waals surface area contributed by atoms with Gasteiger partial charge in [0.1, 0.15) is 0 Å². The van der Waals surface area contributed by atoms with Crippen molar-refractivity contribution in [2.75, 3.05) is 0 Å². The summed E-state index contributed by atoms with van der Waals surface area (Å²) in [5.74, 6) is 0. The zero-order valence-electron chi connectivity index (χ0n) is 9.78. The Balaban J connectivity index is 2.53. The number of hydrogen-bond acceptors (Lipinski definition) is 0. The van der Waals surface area contributed by atoms with Crippen LogP contribution in [0.5, 0.6) is 0 Å². The Morgan fingerprint density at radius 3 is 2.14 bits per heavy atom. The average Bonchev–Trinajstić information content (AvgIpc) is 2.47. The third-order valence-electron chi connectivity index (χ3n) is 3.25. The molecule has 0 spiro atoms. The molecule has 1 aromatic carbocycles. The lowest BCUT2D eigenvalue weighted by molar-refractivity contribution is 0.585. The molecule has 0 saturated carbocycles. The first-order valence-electron chi connectivity index (χ1n) is 5.61. The van der Waals surface area contributed by atoms with Crippen LogP contribution in [0.1, 0.15) is 49.4 Å². The van der Waals surface area contributed by atoms with Crippen LogP contribution in [0.25, 0.3) is 0 Å². The number of benzene rings is 1. The number of rotatable bonds is 0. The van der Waals surface area contributed by atoms with Crippen LogP contribution in [-0.4, -0.2) is 0 Å². The Hall–Kier alpha value is -0.780. The van der Waals surface area contributed by atoms with E-state index in [4.69, 9.17) is 0 Å². The quantitative estimate of drug-likeness (QED) is 0.581. The van der Waals surface area contributed by atoms with E-state index in [1.54, 1.807) is 11.1 Å². The van der Waals surface area contributed by atoms with E-state index < -0.39 is 0 Å². The molecule has 1 aliphatic carbocycles. The van der Waals surface area contributed by atoms with Crippen molar-refractivity contribution in [2.45, 2.75) is 52.4 Å². The molecule has 0 unspecified atom stereocenters. The molecule has 0 nitrogen and oxygen atoms in total. The van der Waals surface area contributed by atoms with Crippen molar-refractivity contribution in [3.8, 4) is 0 Å². The molecule has 0 aromatic heterocycles. The largest absolute Gasteiger partial charge is 0.0561 e. The number of fused-ring (bicyclic) bond motifs is 1. The molecule has 2 rings (SSSR count). The van der Waals surface area contributed by atoms with Crippen molar-refractivity contribution in [3.05, 3.63) is 34.4 Å².